The van der Waals surface area contributed by atoms with Crippen molar-refractivity contribution in [1.29, 1.82) is 5.26 Å². The van der Waals surface area contributed by atoms with Crippen molar-refractivity contribution >= 4 is 23.6 Å². The van der Waals surface area contributed by atoms with E-state index in [1.54, 1.807) is 17.0 Å². The van der Waals surface area contributed by atoms with E-state index < -0.39 is 5.97 Å². The fourth-order valence-electron chi connectivity index (χ4n) is 1.88. The maximum absolute atomic E-state index is 12.1. The van der Waals surface area contributed by atoms with Crippen LogP contribution >= 0.6 is 11.8 Å². The molecule has 5 nitrogen and oxygen atoms in total. The lowest BCUT2D eigenvalue weighted by Crippen LogP contribution is -2.35. The molecule has 0 spiro atoms. The summed E-state index contributed by atoms with van der Waals surface area (Å²) in [5.74, 6) is 0.108. The predicted octanol–water partition coefficient (Wildman–Crippen LogP) is 2.50. The van der Waals surface area contributed by atoms with Crippen LogP contribution in [0.25, 0.3) is 0 Å². The highest BCUT2D eigenvalue weighted by Crippen LogP contribution is 2.14. The van der Waals surface area contributed by atoms with Crippen LogP contribution in [0.2, 0.25) is 0 Å². The lowest BCUT2D eigenvalue weighted by atomic mass is 10.2. The van der Waals surface area contributed by atoms with Crippen molar-refractivity contribution in [3.8, 4) is 6.07 Å². The Labute approximate surface area is 134 Å². The zero-order valence-corrected chi connectivity index (χ0v) is 13.4. The smallest absolute Gasteiger partial charge is 0.305 e. The van der Waals surface area contributed by atoms with Gasteiger partial charge in [0.05, 0.1) is 23.8 Å². The molecular formula is C16H20N2O3S. The van der Waals surface area contributed by atoms with Crippen LogP contribution in [-0.2, 0) is 15.3 Å². The van der Waals surface area contributed by atoms with E-state index in [-0.39, 0.29) is 18.9 Å². The molecule has 0 fully saturated rings. The Morgan fingerprint density at radius 3 is 2.50 bits per heavy atom. The number of amides is 1. The summed E-state index contributed by atoms with van der Waals surface area (Å²) in [4.78, 5) is 24.3. The van der Waals surface area contributed by atoms with Crippen LogP contribution in [0.4, 0.5) is 0 Å². The topological polar surface area (TPSA) is 81.4 Å². The average molecular weight is 320 g/mol. The minimum absolute atomic E-state index is 0.0218. The van der Waals surface area contributed by atoms with E-state index in [9.17, 15) is 9.59 Å². The number of benzene rings is 1. The first-order chi connectivity index (χ1) is 10.6. The molecule has 0 atom stereocenters. The molecule has 6 heteroatoms. The standard InChI is InChI=1S/C16H20N2O3S/c1-2-8-18(9-7-16(20)21)15(19)12-22-11-14-5-3-13(10-17)4-6-14/h3-6H,2,7-9,11-12H2,1H3,(H,20,21). The first-order valence-corrected chi connectivity index (χ1v) is 8.28. The molecule has 1 aromatic carbocycles. The van der Waals surface area contributed by atoms with Gasteiger partial charge in [-0.15, -0.1) is 11.8 Å². The molecule has 1 N–H and O–H groups in total. The Morgan fingerprint density at radius 1 is 1.27 bits per heavy atom. The molecule has 0 unspecified atom stereocenters. The largest absolute Gasteiger partial charge is 0.481 e. The van der Waals surface area contributed by atoms with Crippen molar-refractivity contribution in [3.63, 3.8) is 0 Å². The number of carbonyl (C=O) groups is 2. The quantitative estimate of drug-likeness (QED) is 0.756. The highest BCUT2D eigenvalue weighted by atomic mass is 32.2. The van der Waals surface area contributed by atoms with Crippen LogP contribution in [0.1, 0.15) is 30.9 Å². The number of thioether (sulfide) groups is 1. The molecule has 1 aromatic rings. The number of aliphatic carboxylic acids is 1. The van der Waals surface area contributed by atoms with Crippen molar-refractivity contribution in [1.82, 2.24) is 4.90 Å². The van der Waals surface area contributed by atoms with Gasteiger partial charge in [-0.25, -0.2) is 0 Å². The van der Waals surface area contributed by atoms with Gasteiger partial charge in [-0.1, -0.05) is 19.1 Å². The van der Waals surface area contributed by atoms with Crippen molar-refractivity contribution in [3.05, 3.63) is 35.4 Å². The summed E-state index contributed by atoms with van der Waals surface area (Å²) in [7, 11) is 0. The Hall–Kier alpha value is -2.00. The van der Waals surface area contributed by atoms with Gasteiger partial charge in [0, 0.05) is 18.8 Å². The van der Waals surface area contributed by atoms with Gasteiger partial charge in [0.15, 0.2) is 0 Å². The summed E-state index contributed by atoms with van der Waals surface area (Å²) in [6, 6.07) is 9.34. The monoisotopic (exact) mass is 320 g/mol. The first kappa shape index (κ1) is 18.1. The minimum Gasteiger partial charge on any atom is -0.481 e. The van der Waals surface area contributed by atoms with E-state index in [1.807, 2.05) is 19.1 Å². The molecule has 0 radical (unpaired) electrons. The molecule has 0 aliphatic heterocycles. The predicted molar refractivity (Wildman–Crippen MR) is 86.4 cm³/mol. The summed E-state index contributed by atoms with van der Waals surface area (Å²) in [5, 5.41) is 17.4. The maximum atomic E-state index is 12.1. The summed E-state index contributed by atoms with van der Waals surface area (Å²) in [6.45, 7) is 2.81. The fourth-order valence-corrected chi connectivity index (χ4v) is 2.77. The van der Waals surface area contributed by atoms with E-state index in [0.29, 0.717) is 23.6 Å². The van der Waals surface area contributed by atoms with Crippen LogP contribution in [0.5, 0.6) is 0 Å². The molecule has 0 bridgehead atoms. The van der Waals surface area contributed by atoms with E-state index in [4.69, 9.17) is 10.4 Å². The number of carboxylic acids is 1. The van der Waals surface area contributed by atoms with Crippen LogP contribution in [0, 0.1) is 11.3 Å². The second-order valence-corrected chi connectivity index (χ2v) is 5.81. The van der Waals surface area contributed by atoms with Gasteiger partial charge in [-0.2, -0.15) is 5.26 Å². The molecule has 0 aliphatic carbocycles. The molecule has 0 aromatic heterocycles. The Balaban J connectivity index is 2.41. The van der Waals surface area contributed by atoms with Gasteiger partial charge < -0.3 is 10.0 Å². The molecule has 22 heavy (non-hydrogen) atoms. The van der Waals surface area contributed by atoms with Crippen LogP contribution in [0.15, 0.2) is 24.3 Å². The molecule has 1 rings (SSSR count). The lowest BCUT2D eigenvalue weighted by Gasteiger charge is -2.21. The van der Waals surface area contributed by atoms with Crippen molar-refractivity contribution in [2.24, 2.45) is 0 Å². The molecule has 1 amide bonds. The van der Waals surface area contributed by atoms with Crippen molar-refractivity contribution in [2.45, 2.75) is 25.5 Å². The second kappa shape index (κ2) is 9.85. The fraction of sp³-hybridized carbons (Fsp3) is 0.438. The van der Waals surface area contributed by atoms with E-state index in [2.05, 4.69) is 6.07 Å². The summed E-state index contributed by atoms with van der Waals surface area (Å²) in [6.07, 6.45) is 0.789. The highest BCUT2D eigenvalue weighted by Gasteiger charge is 2.13. The van der Waals surface area contributed by atoms with Crippen molar-refractivity contribution < 1.29 is 14.7 Å². The number of nitriles is 1. The summed E-state index contributed by atoms with van der Waals surface area (Å²) >= 11 is 1.49. The normalized spacial score (nSPS) is 10.0. The number of hydrogen-bond acceptors (Lipinski definition) is 4. The molecule has 0 aliphatic rings. The van der Waals surface area contributed by atoms with Crippen molar-refractivity contribution in [2.75, 3.05) is 18.8 Å². The van der Waals surface area contributed by atoms with E-state index in [0.717, 1.165) is 12.0 Å². The third-order valence-corrected chi connectivity index (χ3v) is 4.01. The van der Waals surface area contributed by atoms with Gasteiger partial charge in [-0.3, -0.25) is 9.59 Å². The zero-order valence-electron chi connectivity index (χ0n) is 12.6. The Kier molecular flexibility index (Phi) is 8.08. The van der Waals surface area contributed by atoms with Gasteiger partial charge in [0.2, 0.25) is 5.91 Å². The van der Waals surface area contributed by atoms with Crippen LogP contribution < -0.4 is 0 Å². The summed E-state index contributed by atoms with van der Waals surface area (Å²) in [5.41, 5.74) is 1.68. The Bertz CT molecular complexity index is 537. The number of hydrogen-bond donors (Lipinski definition) is 1. The van der Waals surface area contributed by atoms with Gasteiger partial charge in [0.25, 0.3) is 0 Å². The van der Waals surface area contributed by atoms with Gasteiger partial charge in [-0.05, 0) is 24.1 Å². The third-order valence-electron chi connectivity index (χ3n) is 3.02. The zero-order chi connectivity index (χ0) is 16.4. The van der Waals surface area contributed by atoms with E-state index >= 15 is 0 Å². The minimum atomic E-state index is -0.890. The first-order valence-electron chi connectivity index (χ1n) is 7.13. The molecule has 0 saturated carbocycles. The molecule has 0 saturated heterocycles. The molecule has 118 valence electrons. The van der Waals surface area contributed by atoms with Crippen LogP contribution in [-0.4, -0.2) is 40.7 Å². The average Bonchev–Trinajstić information content (AvgIpc) is 2.51. The second-order valence-electron chi connectivity index (χ2n) is 4.83. The number of carboxylic acid groups (broad SMARTS) is 1. The van der Waals surface area contributed by atoms with Gasteiger partial charge >= 0.3 is 5.97 Å². The Morgan fingerprint density at radius 2 is 1.95 bits per heavy atom. The maximum Gasteiger partial charge on any atom is 0.305 e. The number of nitrogens with zero attached hydrogens (tertiary/aromatic N) is 2. The SMILES string of the molecule is CCCN(CCC(=O)O)C(=O)CSCc1ccc(C#N)cc1. The van der Waals surface area contributed by atoms with E-state index in [1.165, 1.54) is 11.8 Å². The van der Waals surface area contributed by atoms with Gasteiger partial charge in [0.1, 0.15) is 0 Å². The highest BCUT2D eigenvalue weighted by molar-refractivity contribution is 7.99. The molecule has 0 heterocycles. The van der Waals surface area contributed by atoms with Crippen LogP contribution in [0.3, 0.4) is 0 Å². The number of carbonyl (C=O) groups excluding carboxylic acids is 1. The number of rotatable bonds is 9. The lowest BCUT2D eigenvalue weighted by molar-refractivity contribution is -0.138. The molecular weight excluding hydrogens is 300 g/mol. The third kappa shape index (κ3) is 6.64. The summed E-state index contributed by atoms with van der Waals surface area (Å²) < 4.78 is 0.